The fourth-order valence-corrected chi connectivity index (χ4v) is 2.57. The van der Waals surface area contributed by atoms with Gasteiger partial charge in [-0.05, 0) is 18.0 Å². The first kappa shape index (κ1) is 13.9. The Morgan fingerprint density at radius 1 is 1.58 bits per heavy atom. The molecule has 7 nitrogen and oxygen atoms in total. The van der Waals surface area contributed by atoms with Crippen LogP contribution in [0.1, 0.15) is 28.7 Å². The van der Waals surface area contributed by atoms with Crippen LogP contribution in [0.3, 0.4) is 0 Å². The van der Waals surface area contributed by atoms with Gasteiger partial charge in [-0.15, -0.1) is 5.10 Å². The monoisotopic (exact) mass is 285 g/mol. The number of hydrogen-bond acceptors (Lipinski definition) is 6. The number of nitrogens with zero attached hydrogens (tertiary/aromatic N) is 3. The van der Waals surface area contributed by atoms with Crippen LogP contribution in [0.15, 0.2) is 0 Å². The van der Waals surface area contributed by atoms with Crippen LogP contribution in [-0.4, -0.2) is 57.3 Å². The van der Waals surface area contributed by atoms with E-state index < -0.39 is 12.1 Å². The summed E-state index contributed by atoms with van der Waals surface area (Å²) >= 11 is 1.06. The molecule has 1 unspecified atom stereocenters. The summed E-state index contributed by atoms with van der Waals surface area (Å²) < 4.78 is 8.90. The molecular weight excluding hydrogens is 270 g/mol. The normalized spacial score (nSPS) is 19.4. The van der Waals surface area contributed by atoms with E-state index in [-0.39, 0.29) is 19.1 Å². The number of aliphatic carboxylic acids is 1. The van der Waals surface area contributed by atoms with Crippen LogP contribution < -0.4 is 0 Å². The SMILES string of the molecule is CCCc1nnsc1C(=O)N1CCOC(C(=O)O)C1. The molecule has 19 heavy (non-hydrogen) atoms. The summed E-state index contributed by atoms with van der Waals surface area (Å²) in [5.41, 5.74) is 0.691. The van der Waals surface area contributed by atoms with Crippen molar-refractivity contribution in [2.24, 2.45) is 0 Å². The predicted octanol–water partition coefficient (Wildman–Crippen LogP) is 0.416. The third kappa shape index (κ3) is 3.07. The third-order valence-corrected chi connectivity index (χ3v) is 3.62. The lowest BCUT2D eigenvalue weighted by atomic mass is 10.2. The summed E-state index contributed by atoms with van der Waals surface area (Å²) in [4.78, 5) is 25.2. The second kappa shape index (κ2) is 6.07. The highest BCUT2D eigenvalue weighted by Gasteiger charge is 2.31. The topological polar surface area (TPSA) is 92.6 Å². The lowest BCUT2D eigenvalue weighted by molar-refractivity contribution is -0.154. The van der Waals surface area contributed by atoms with Crippen LogP contribution in [0, 0.1) is 0 Å². The van der Waals surface area contributed by atoms with E-state index in [1.165, 1.54) is 4.90 Å². The van der Waals surface area contributed by atoms with Gasteiger partial charge in [-0.3, -0.25) is 4.79 Å². The number of morpholine rings is 1. The van der Waals surface area contributed by atoms with Crippen LogP contribution >= 0.6 is 11.5 Å². The quantitative estimate of drug-likeness (QED) is 0.861. The molecule has 0 radical (unpaired) electrons. The molecule has 1 fully saturated rings. The Morgan fingerprint density at radius 2 is 2.37 bits per heavy atom. The summed E-state index contributed by atoms with van der Waals surface area (Å²) in [6.07, 6.45) is 0.629. The van der Waals surface area contributed by atoms with Crippen LogP contribution in [0.4, 0.5) is 0 Å². The Bertz CT molecular complexity index is 476. The van der Waals surface area contributed by atoms with E-state index in [0.29, 0.717) is 23.5 Å². The molecule has 0 aliphatic carbocycles. The minimum absolute atomic E-state index is 0.0671. The van der Waals surface area contributed by atoms with Gasteiger partial charge in [0.15, 0.2) is 6.10 Å². The van der Waals surface area contributed by atoms with Gasteiger partial charge in [0.1, 0.15) is 4.88 Å². The average Bonchev–Trinajstić information content (AvgIpc) is 2.86. The Balaban J connectivity index is 2.10. The van der Waals surface area contributed by atoms with Gasteiger partial charge in [0.25, 0.3) is 5.91 Å². The van der Waals surface area contributed by atoms with Gasteiger partial charge in [-0.25, -0.2) is 4.79 Å². The average molecular weight is 285 g/mol. The lowest BCUT2D eigenvalue weighted by Gasteiger charge is -2.30. The summed E-state index contributed by atoms with van der Waals surface area (Å²) in [7, 11) is 0. The van der Waals surface area contributed by atoms with Crippen LogP contribution in [0.5, 0.6) is 0 Å². The second-order valence-corrected chi connectivity index (χ2v) is 5.00. The third-order valence-electron chi connectivity index (χ3n) is 2.87. The molecule has 1 aromatic rings. The fourth-order valence-electron chi connectivity index (χ4n) is 1.90. The van der Waals surface area contributed by atoms with E-state index in [9.17, 15) is 9.59 Å². The van der Waals surface area contributed by atoms with Crippen molar-refractivity contribution in [3.05, 3.63) is 10.6 Å². The molecule has 0 spiro atoms. The van der Waals surface area contributed by atoms with Crippen LogP contribution in [0.2, 0.25) is 0 Å². The van der Waals surface area contributed by atoms with Gasteiger partial charge >= 0.3 is 5.97 Å². The van der Waals surface area contributed by atoms with Crippen LogP contribution in [0.25, 0.3) is 0 Å². The van der Waals surface area contributed by atoms with Crippen LogP contribution in [-0.2, 0) is 16.0 Å². The Labute approximate surface area is 114 Å². The van der Waals surface area contributed by atoms with Gasteiger partial charge in [0.05, 0.1) is 18.8 Å². The number of hydrogen-bond donors (Lipinski definition) is 1. The first-order valence-corrected chi connectivity index (χ1v) is 6.85. The van der Waals surface area contributed by atoms with Crippen molar-refractivity contribution >= 4 is 23.4 Å². The highest BCUT2D eigenvalue weighted by Crippen LogP contribution is 2.17. The first-order chi connectivity index (χ1) is 9.13. The maximum atomic E-state index is 12.3. The smallest absolute Gasteiger partial charge is 0.334 e. The second-order valence-electron chi connectivity index (χ2n) is 4.25. The molecule has 1 aliphatic rings. The number of rotatable bonds is 4. The zero-order valence-corrected chi connectivity index (χ0v) is 11.4. The largest absolute Gasteiger partial charge is 0.479 e. The minimum atomic E-state index is -1.05. The molecule has 1 atom stereocenters. The number of carbonyl (C=O) groups is 2. The van der Waals surface area contributed by atoms with Crippen molar-refractivity contribution in [3.63, 3.8) is 0 Å². The van der Waals surface area contributed by atoms with Gasteiger partial charge in [-0.2, -0.15) is 0 Å². The summed E-state index contributed by atoms with van der Waals surface area (Å²) in [6.45, 7) is 2.70. The van der Waals surface area contributed by atoms with Crippen molar-refractivity contribution < 1.29 is 19.4 Å². The highest BCUT2D eigenvalue weighted by molar-refractivity contribution is 7.08. The van der Waals surface area contributed by atoms with Gasteiger partial charge in [0.2, 0.25) is 0 Å². The molecule has 0 aromatic carbocycles. The molecular formula is C11H15N3O4S. The molecule has 0 saturated carbocycles. The molecule has 1 N–H and O–H groups in total. The number of carboxylic acid groups (broad SMARTS) is 1. The molecule has 8 heteroatoms. The van der Waals surface area contributed by atoms with E-state index >= 15 is 0 Å². The zero-order chi connectivity index (χ0) is 13.8. The molecule has 1 amide bonds. The molecule has 0 bridgehead atoms. The van der Waals surface area contributed by atoms with Crippen molar-refractivity contribution in [3.8, 4) is 0 Å². The number of carbonyl (C=O) groups excluding carboxylic acids is 1. The number of ether oxygens (including phenoxy) is 1. The minimum Gasteiger partial charge on any atom is -0.479 e. The Hall–Kier alpha value is -1.54. The Morgan fingerprint density at radius 3 is 3.05 bits per heavy atom. The van der Waals surface area contributed by atoms with Crippen molar-refractivity contribution in [1.82, 2.24) is 14.5 Å². The summed E-state index contributed by atoms with van der Waals surface area (Å²) in [6, 6.07) is 0. The standard InChI is InChI=1S/C11H15N3O4S/c1-2-3-7-9(19-13-12-7)10(15)14-4-5-18-8(6-14)11(16)17/h8H,2-6H2,1H3,(H,16,17). The van der Waals surface area contributed by atoms with Crippen molar-refractivity contribution in [1.29, 1.82) is 0 Å². The molecule has 2 rings (SSSR count). The summed E-state index contributed by atoms with van der Waals surface area (Å²) in [5, 5.41) is 12.9. The molecule has 2 heterocycles. The zero-order valence-electron chi connectivity index (χ0n) is 10.5. The predicted molar refractivity (Wildman–Crippen MR) is 67.2 cm³/mol. The lowest BCUT2D eigenvalue weighted by Crippen LogP contribution is -2.48. The van der Waals surface area contributed by atoms with Gasteiger partial charge in [0, 0.05) is 6.54 Å². The Kier molecular flexibility index (Phi) is 4.43. The number of amides is 1. The number of carboxylic acids is 1. The maximum Gasteiger partial charge on any atom is 0.334 e. The van der Waals surface area contributed by atoms with Crippen molar-refractivity contribution in [2.45, 2.75) is 25.9 Å². The highest BCUT2D eigenvalue weighted by atomic mass is 32.1. The van der Waals surface area contributed by atoms with Gasteiger partial charge < -0.3 is 14.7 Å². The number of aromatic nitrogens is 2. The first-order valence-electron chi connectivity index (χ1n) is 6.08. The van der Waals surface area contributed by atoms with E-state index in [1.807, 2.05) is 6.92 Å². The van der Waals surface area contributed by atoms with E-state index in [0.717, 1.165) is 18.0 Å². The summed E-state index contributed by atoms with van der Waals surface area (Å²) in [5.74, 6) is -1.25. The molecule has 1 saturated heterocycles. The van der Waals surface area contributed by atoms with E-state index in [1.54, 1.807) is 0 Å². The number of aryl methyl sites for hydroxylation is 1. The maximum absolute atomic E-state index is 12.3. The van der Waals surface area contributed by atoms with E-state index in [2.05, 4.69) is 9.59 Å². The van der Waals surface area contributed by atoms with E-state index in [4.69, 9.17) is 9.84 Å². The van der Waals surface area contributed by atoms with Crippen molar-refractivity contribution in [2.75, 3.05) is 19.7 Å². The van der Waals surface area contributed by atoms with Gasteiger partial charge in [-0.1, -0.05) is 17.8 Å². The molecule has 1 aliphatic heterocycles. The fraction of sp³-hybridized carbons (Fsp3) is 0.636. The molecule has 104 valence electrons. The molecule has 1 aromatic heterocycles.